The molecule has 1 aromatic carbocycles. The molecule has 0 aliphatic rings. The molecule has 0 spiro atoms. The summed E-state index contributed by atoms with van der Waals surface area (Å²) < 4.78 is 0.897. The molecule has 2 aromatic rings. The molecule has 0 amide bonds. The number of aromatic nitrogens is 1. The second-order valence-electron chi connectivity index (χ2n) is 3.39. The van der Waals surface area contributed by atoms with Crippen LogP contribution >= 0.6 is 39.5 Å². The molecule has 1 aromatic heterocycles. The molecule has 0 aliphatic carbocycles. The topological polar surface area (TPSA) is 50.9 Å². The lowest BCUT2D eigenvalue weighted by Crippen LogP contribution is -2.10. The van der Waals surface area contributed by atoms with Crippen molar-refractivity contribution in [3.8, 4) is 0 Å². The zero-order valence-electron chi connectivity index (χ0n) is 8.81. The van der Waals surface area contributed by atoms with Crippen LogP contribution in [0.1, 0.15) is 11.3 Å². The maximum absolute atomic E-state index is 5.59. The standard InChI is InChI=1S/C11H10BrN3S2/c12-10-3-7(1-2-9(10)11(13)16)14-4-8-5-17-6-15-8/h1-3,5-6,14H,4H2,(H2,13,16). The molecule has 88 valence electrons. The number of thiocarbonyl (C=S) groups is 1. The van der Waals surface area contributed by atoms with Gasteiger partial charge < -0.3 is 11.1 Å². The van der Waals surface area contributed by atoms with Gasteiger partial charge in [-0.2, -0.15) is 0 Å². The van der Waals surface area contributed by atoms with E-state index in [9.17, 15) is 0 Å². The van der Waals surface area contributed by atoms with Crippen LogP contribution in [0.4, 0.5) is 5.69 Å². The minimum absolute atomic E-state index is 0.392. The van der Waals surface area contributed by atoms with E-state index in [1.54, 1.807) is 11.3 Å². The van der Waals surface area contributed by atoms with Gasteiger partial charge in [-0.25, -0.2) is 4.98 Å². The van der Waals surface area contributed by atoms with Gasteiger partial charge in [-0.05, 0) is 34.1 Å². The molecular formula is C11H10BrN3S2. The van der Waals surface area contributed by atoms with Crippen LogP contribution in [0.2, 0.25) is 0 Å². The first kappa shape index (κ1) is 12.5. The minimum Gasteiger partial charge on any atom is -0.389 e. The van der Waals surface area contributed by atoms with Crippen molar-refractivity contribution in [1.82, 2.24) is 4.98 Å². The molecule has 6 heteroatoms. The average Bonchev–Trinajstić information content (AvgIpc) is 2.78. The predicted octanol–water partition coefficient (Wildman–Crippen LogP) is 3.15. The van der Waals surface area contributed by atoms with Gasteiger partial charge in [0.2, 0.25) is 0 Å². The van der Waals surface area contributed by atoms with Crippen molar-refractivity contribution >= 4 is 50.2 Å². The van der Waals surface area contributed by atoms with Crippen LogP contribution in [-0.2, 0) is 6.54 Å². The monoisotopic (exact) mass is 327 g/mol. The first-order chi connectivity index (χ1) is 8.16. The minimum atomic E-state index is 0.392. The highest BCUT2D eigenvalue weighted by molar-refractivity contribution is 9.10. The zero-order chi connectivity index (χ0) is 12.3. The highest BCUT2D eigenvalue weighted by Gasteiger charge is 2.04. The van der Waals surface area contributed by atoms with Gasteiger partial charge in [0.15, 0.2) is 0 Å². The molecular weight excluding hydrogens is 318 g/mol. The summed E-state index contributed by atoms with van der Waals surface area (Å²) in [5.74, 6) is 0. The summed E-state index contributed by atoms with van der Waals surface area (Å²) in [5, 5.41) is 5.30. The van der Waals surface area contributed by atoms with Crippen molar-refractivity contribution in [1.29, 1.82) is 0 Å². The summed E-state index contributed by atoms with van der Waals surface area (Å²) in [6, 6.07) is 5.81. The van der Waals surface area contributed by atoms with E-state index in [1.165, 1.54) is 0 Å². The van der Waals surface area contributed by atoms with Crippen molar-refractivity contribution in [2.45, 2.75) is 6.54 Å². The first-order valence-corrected chi connectivity index (χ1v) is 7.01. The van der Waals surface area contributed by atoms with E-state index in [0.29, 0.717) is 11.5 Å². The van der Waals surface area contributed by atoms with Crippen LogP contribution in [0, 0.1) is 0 Å². The van der Waals surface area contributed by atoms with Crippen LogP contribution in [0.3, 0.4) is 0 Å². The Morgan fingerprint density at radius 1 is 1.53 bits per heavy atom. The third kappa shape index (κ3) is 3.24. The number of nitrogens with one attached hydrogen (secondary N) is 1. The summed E-state index contributed by atoms with van der Waals surface area (Å²) in [4.78, 5) is 4.59. The predicted molar refractivity (Wildman–Crippen MR) is 79.5 cm³/mol. The molecule has 1 heterocycles. The van der Waals surface area contributed by atoms with Gasteiger partial charge in [0.05, 0.1) is 17.7 Å². The molecule has 0 fully saturated rings. The van der Waals surface area contributed by atoms with Crippen LogP contribution < -0.4 is 11.1 Å². The smallest absolute Gasteiger partial charge is 0.105 e. The van der Waals surface area contributed by atoms with E-state index in [2.05, 4.69) is 26.2 Å². The van der Waals surface area contributed by atoms with E-state index < -0.39 is 0 Å². The number of thiazole rings is 1. The number of rotatable bonds is 4. The molecule has 17 heavy (non-hydrogen) atoms. The number of benzene rings is 1. The lowest BCUT2D eigenvalue weighted by atomic mass is 10.2. The molecule has 0 radical (unpaired) electrons. The van der Waals surface area contributed by atoms with Crippen LogP contribution in [0.15, 0.2) is 33.6 Å². The van der Waals surface area contributed by atoms with Crippen molar-refractivity contribution < 1.29 is 0 Å². The number of hydrogen-bond donors (Lipinski definition) is 2. The Kier molecular flexibility index (Phi) is 4.09. The normalized spacial score (nSPS) is 10.2. The number of hydrogen-bond acceptors (Lipinski definition) is 4. The maximum Gasteiger partial charge on any atom is 0.105 e. The Morgan fingerprint density at radius 2 is 2.35 bits per heavy atom. The molecule has 2 rings (SSSR count). The Hall–Kier alpha value is -0.980. The fourth-order valence-corrected chi connectivity index (χ4v) is 2.80. The molecule has 3 nitrogen and oxygen atoms in total. The molecule has 0 atom stereocenters. The number of nitrogens with zero attached hydrogens (tertiary/aromatic N) is 1. The Bertz CT molecular complexity index is 526. The third-order valence-corrected chi connectivity index (χ3v) is 3.70. The second kappa shape index (κ2) is 5.57. The van der Waals surface area contributed by atoms with E-state index >= 15 is 0 Å². The Balaban J connectivity index is 2.07. The Labute approximate surface area is 117 Å². The molecule has 0 saturated heterocycles. The fourth-order valence-electron chi connectivity index (χ4n) is 1.34. The highest BCUT2D eigenvalue weighted by atomic mass is 79.9. The second-order valence-corrected chi connectivity index (χ2v) is 5.41. The summed E-state index contributed by atoms with van der Waals surface area (Å²) >= 11 is 9.98. The van der Waals surface area contributed by atoms with Crippen LogP contribution in [-0.4, -0.2) is 9.97 Å². The lowest BCUT2D eigenvalue weighted by molar-refractivity contribution is 1.07. The van der Waals surface area contributed by atoms with E-state index in [-0.39, 0.29) is 0 Å². The van der Waals surface area contributed by atoms with Gasteiger partial charge in [-0.3, -0.25) is 0 Å². The van der Waals surface area contributed by atoms with Gasteiger partial charge in [-0.15, -0.1) is 11.3 Å². The Morgan fingerprint density at radius 3 is 2.94 bits per heavy atom. The molecule has 0 saturated carbocycles. The molecule has 0 bridgehead atoms. The highest BCUT2D eigenvalue weighted by Crippen LogP contribution is 2.22. The average molecular weight is 328 g/mol. The summed E-state index contributed by atoms with van der Waals surface area (Å²) in [5.41, 5.74) is 10.3. The lowest BCUT2D eigenvalue weighted by Gasteiger charge is -2.07. The summed E-state index contributed by atoms with van der Waals surface area (Å²) in [7, 11) is 0. The van der Waals surface area contributed by atoms with Crippen LogP contribution in [0.5, 0.6) is 0 Å². The van der Waals surface area contributed by atoms with Gasteiger partial charge >= 0.3 is 0 Å². The van der Waals surface area contributed by atoms with Crippen molar-refractivity contribution in [3.63, 3.8) is 0 Å². The van der Waals surface area contributed by atoms with Gasteiger partial charge in [0, 0.05) is 21.1 Å². The SMILES string of the molecule is NC(=S)c1ccc(NCc2cscn2)cc1Br. The molecule has 0 unspecified atom stereocenters. The fraction of sp³-hybridized carbons (Fsp3) is 0.0909. The van der Waals surface area contributed by atoms with Gasteiger partial charge in [0.1, 0.15) is 4.99 Å². The summed E-state index contributed by atoms with van der Waals surface area (Å²) in [6.45, 7) is 0.711. The number of anilines is 1. The number of halogens is 1. The van der Waals surface area contributed by atoms with E-state index in [1.807, 2.05) is 29.1 Å². The molecule has 0 aliphatic heterocycles. The van der Waals surface area contributed by atoms with E-state index in [0.717, 1.165) is 21.4 Å². The maximum atomic E-state index is 5.59. The van der Waals surface area contributed by atoms with Crippen molar-refractivity contribution in [3.05, 3.63) is 44.8 Å². The molecule has 3 N–H and O–H groups in total. The van der Waals surface area contributed by atoms with Gasteiger partial charge in [-0.1, -0.05) is 12.2 Å². The van der Waals surface area contributed by atoms with Gasteiger partial charge in [0.25, 0.3) is 0 Å². The quantitative estimate of drug-likeness (QED) is 0.847. The number of nitrogens with two attached hydrogens (primary N) is 1. The van der Waals surface area contributed by atoms with Crippen LogP contribution in [0.25, 0.3) is 0 Å². The first-order valence-electron chi connectivity index (χ1n) is 4.87. The largest absolute Gasteiger partial charge is 0.389 e. The van der Waals surface area contributed by atoms with E-state index in [4.69, 9.17) is 18.0 Å². The zero-order valence-corrected chi connectivity index (χ0v) is 12.0. The third-order valence-electron chi connectivity index (χ3n) is 2.19. The van der Waals surface area contributed by atoms with Crippen molar-refractivity contribution in [2.75, 3.05) is 5.32 Å². The summed E-state index contributed by atoms with van der Waals surface area (Å²) in [6.07, 6.45) is 0. The van der Waals surface area contributed by atoms with Crippen molar-refractivity contribution in [2.24, 2.45) is 5.73 Å².